The van der Waals surface area contributed by atoms with Gasteiger partial charge in [-0.25, -0.2) is 48.7 Å². The Kier molecular flexibility index (Phi) is 14.6. The molecule has 24 heteroatoms. The van der Waals surface area contributed by atoms with Crippen LogP contribution in [-0.2, 0) is 26.6 Å². The van der Waals surface area contributed by atoms with Crippen molar-refractivity contribution < 1.29 is 53.3 Å². The van der Waals surface area contributed by atoms with Crippen molar-refractivity contribution in [2.24, 2.45) is 0 Å². The van der Waals surface area contributed by atoms with E-state index in [1.165, 1.54) is 26.4 Å². The molecule has 0 radical (unpaired) electrons. The molecule has 1 N–H and O–H groups in total. The van der Waals surface area contributed by atoms with Crippen LogP contribution in [-0.4, -0.2) is 49.8 Å². The van der Waals surface area contributed by atoms with Gasteiger partial charge in [0.2, 0.25) is 10.3 Å². The summed E-state index contributed by atoms with van der Waals surface area (Å²) in [4.78, 5) is 5.83. The summed E-state index contributed by atoms with van der Waals surface area (Å²) in [5.74, 6) is -4.34. The smallest absolute Gasteiger partial charge is 0.269 e. The molecule has 7 aromatic rings. The number of halogens is 6. The summed E-state index contributed by atoms with van der Waals surface area (Å²) in [5.41, 5.74) is 1.93. The van der Waals surface area contributed by atoms with E-state index < -0.39 is 64.6 Å². The largest absolute Gasteiger partial charge is 0.497 e. The third kappa shape index (κ3) is 11.4. The Hall–Kier alpha value is -5.78. The lowest BCUT2D eigenvalue weighted by atomic mass is 10.2. The highest BCUT2D eigenvalue weighted by molar-refractivity contribution is 7.93. The highest BCUT2D eigenvalue weighted by Gasteiger charge is 2.33. The molecule has 2 aromatic heterocycles. The maximum Gasteiger partial charge on any atom is 0.269 e. The lowest BCUT2D eigenvalue weighted by Gasteiger charge is -2.23. The fourth-order valence-corrected chi connectivity index (χ4v) is 10.0. The number of methoxy groups -OCH3 is 2. The van der Waals surface area contributed by atoms with Crippen LogP contribution in [0.25, 0.3) is 0 Å². The van der Waals surface area contributed by atoms with Gasteiger partial charge in [-0.15, -0.1) is 0 Å². The molecule has 2 heterocycles. The number of hydrogen-bond donors (Lipinski definition) is 1. The minimum absolute atomic E-state index is 0.0487. The minimum atomic E-state index is -4.66. The summed E-state index contributed by atoms with van der Waals surface area (Å²) in [6, 6.07) is 16.6. The van der Waals surface area contributed by atoms with E-state index in [1.807, 2.05) is 4.72 Å². The zero-order valence-electron chi connectivity index (χ0n) is 32.8. The predicted molar refractivity (Wildman–Crippen MR) is 229 cm³/mol. The SMILES string of the molecule is COc1ccc(CN(c2ncns2)S(=O)(=O)c2cc(F)c(Oc3cc(C)cc(Cl)c3)cc2F)c(OC)c1.Cc1cc(Cl)cc(Oc2cc(F)c(S(=O)(=O)Nc3ncns3)cc2F)c1. The van der Waals surface area contributed by atoms with Crippen molar-refractivity contribution in [1.29, 1.82) is 0 Å². The maximum absolute atomic E-state index is 15.2. The molecule has 0 atom stereocenters. The number of hydrogen-bond acceptors (Lipinski definition) is 14. The molecular formula is C39H30Cl2F4N6O8S4. The van der Waals surface area contributed by atoms with Crippen molar-refractivity contribution in [3.8, 4) is 34.5 Å². The third-order valence-corrected chi connectivity index (χ3v) is 13.3. The van der Waals surface area contributed by atoms with E-state index in [0.717, 1.165) is 51.2 Å². The van der Waals surface area contributed by atoms with E-state index in [4.69, 9.17) is 42.1 Å². The second kappa shape index (κ2) is 19.7. The molecule has 0 bridgehead atoms. The van der Waals surface area contributed by atoms with Gasteiger partial charge in [0.25, 0.3) is 20.0 Å². The minimum Gasteiger partial charge on any atom is -0.497 e. The molecule has 0 saturated heterocycles. The van der Waals surface area contributed by atoms with E-state index in [9.17, 15) is 25.6 Å². The first kappa shape index (κ1) is 46.7. The Balaban J connectivity index is 0.000000223. The van der Waals surface area contributed by atoms with Crippen LogP contribution in [0.4, 0.5) is 27.8 Å². The number of aromatic nitrogens is 4. The summed E-state index contributed by atoms with van der Waals surface area (Å²) in [6.45, 7) is 3.21. The molecule has 5 aromatic carbocycles. The van der Waals surface area contributed by atoms with Crippen molar-refractivity contribution in [1.82, 2.24) is 18.7 Å². The molecule has 0 fully saturated rings. The van der Waals surface area contributed by atoms with Gasteiger partial charge in [0.1, 0.15) is 57.1 Å². The van der Waals surface area contributed by atoms with Crippen LogP contribution in [0.2, 0.25) is 10.0 Å². The topological polar surface area (TPSA) is 172 Å². The summed E-state index contributed by atoms with van der Waals surface area (Å²) < 4.78 is 142. The van der Waals surface area contributed by atoms with Crippen molar-refractivity contribution in [2.75, 3.05) is 23.2 Å². The fraction of sp³-hybridized carbons (Fsp3) is 0.128. The van der Waals surface area contributed by atoms with E-state index in [-0.39, 0.29) is 28.3 Å². The van der Waals surface area contributed by atoms with Gasteiger partial charge in [0.05, 0.1) is 20.8 Å². The average Bonchev–Trinajstić information content (AvgIpc) is 3.94. The van der Waals surface area contributed by atoms with Crippen molar-refractivity contribution in [2.45, 2.75) is 30.2 Å². The second-order valence-electron chi connectivity index (χ2n) is 12.8. The summed E-state index contributed by atoms with van der Waals surface area (Å²) in [5, 5.41) is 0.588. The van der Waals surface area contributed by atoms with Gasteiger partial charge < -0.3 is 18.9 Å². The number of sulfonamides is 2. The Bertz CT molecular complexity index is 2950. The molecule has 14 nitrogen and oxygen atoms in total. The standard InChI is InChI=1S/C24H20ClF2N3O5S2.C15H10ClF2N3O3S2/c1-14-6-16(25)8-18(7-14)35-22-10-20(27)23(11-19(22)26)37(31,32)30(24-28-13-29-36-24)12-15-4-5-17(33-2)9-21(15)34-3;1-8-2-9(16)4-10(3-8)24-13-5-12(18)14(6-11(13)17)26(22,23)21-15-19-7-20-25-15/h4-11,13H,12H2,1-3H3;2-7H,1H3,(H,19,20,21). The number of aryl methyl sites for hydroxylation is 2. The zero-order valence-corrected chi connectivity index (χ0v) is 37.5. The van der Waals surface area contributed by atoms with Gasteiger partial charge in [0.15, 0.2) is 23.1 Å². The van der Waals surface area contributed by atoms with Crippen LogP contribution in [0.3, 0.4) is 0 Å². The summed E-state index contributed by atoms with van der Waals surface area (Å²) in [6.07, 6.45) is 2.29. The van der Waals surface area contributed by atoms with Gasteiger partial charge in [0, 0.05) is 69.0 Å². The van der Waals surface area contributed by atoms with Gasteiger partial charge in [-0.1, -0.05) is 23.2 Å². The molecule has 0 saturated carbocycles. The first-order valence-electron chi connectivity index (χ1n) is 17.5. The molecule has 330 valence electrons. The molecule has 0 unspecified atom stereocenters. The van der Waals surface area contributed by atoms with Crippen molar-refractivity contribution in [3.63, 3.8) is 0 Å². The first-order chi connectivity index (χ1) is 29.9. The van der Waals surface area contributed by atoms with Crippen LogP contribution < -0.4 is 28.0 Å². The number of anilines is 2. The number of nitrogens with one attached hydrogen (secondary N) is 1. The highest BCUT2D eigenvalue weighted by Crippen LogP contribution is 2.36. The van der Waals surface area contributed by atoms with Crippen molar-refractivity contribution in [3.05, 3.63) is 142 Å². The Morgan fingerprint density at radius 3 is 1.70 bits per heavy atom. The van der Waals surface area contributed by atoms with Crippen LogP contribution in [0.15, 0.2) is 101 Å². The molecular weight excluding hydrogens is 956 g/mol. The molecule has 63 heavy (non-hydrogen) atoms. The molecule has 0 aliphatic rings. The molecule has 0 aliphatic carbocycles. The summed E-state index contributed by atoms with van der Waals surface area (Å²) in [7, 11) is -6.14. The fourth-order valence-electron chi connectivity index (χ4n) is 5.53. The van der Waals surface area contributed by atoms with Gasteiger partial charge >= 0.3 is 0 Å². The monoisotopic (exact) mass is 984 g/mol. The quantitative estimate of drug-likeness (QED) is 0.102. The number of rotatable bonds is 14. The first-order valence-corrected chi connectivity index (χ1v) is 22.8. The van der Waals surface area contributed by atoms with E-state index in [0.29, 0.717) is 51.4 Å². The Morgan fingerprint density at radius 2 is 1.19 bits per heavy atom. The van der Waals surface area contributed by atoms with Crippen LogP contribution in [0.1, 0.15) is 16.7 Å². The third-order valence-electron chi connectivity index (χ3n) is 8.27. The average molecular weight is 986 g/mol. The van der Waals surface area contributed by atoms with E-state index >= 15 is 8.78 Å². The lowest BCUT2D eigenvalue weighted by Crippen LogP contribution is -2.31. The molecule has 0 aliphatic heterocycles. The predicted octanol–water partition coefficient (Wildman–Crippen LogP) is 10.4. The molecule has 0 spiro atoms. The van der Waals surface area contributed by atoms with Crippen LogP contribution in [0, 0.1) is 37.1 Å². The number of ether oxygens (including phenoxy) is 4. The molecule has 0 amide bonds. The molecule has 7 rings (SSSR count). The lowest BCUT2D eigenvalue weighted by molar-refractivity contribution is 0.391. The maximum atomic E-state index is 15.2. The number of benzene rings is 5. The van der Waals surface area contributed by atoms with E-state index in [2.05, 4.69) is 18.7 Å². The van der Waals surface area contributed by atoms with Gasteiger partial charge in [-0.05, 0) is 73.5 Å². The van der Waals surface area contributed by atoms with Crippen molar-refractivity contribution >= 4 is 76.6 Å². The van der Waals surface area contributed by atoms with E-state index in [1.54, 1.807) is 56.3 Å². The van der Waals surface area contributed by atoms with Gasteiger partial charge in [-0.3, -0.25) is 4.72 Å². The number of nitrogens with zero attached hydrogens (tertiary/aromatic N) is 5. The Morgan fingerprint density at radius 1 is 0.635 bits per heavy atom. The van der Waals surface area contributed by atoms with Gasteiger partial charge in [-0.2, -0.15) is 8.75 Å². The normalized spacial score (nSPS) is 11.3. The summed E-state index contributed by atoms with van der Waals surface area (Å²) >= 11 is 13.4. The highest BCUT2D eigenvalue weighted by atomic mass is 35.5. The zero-order chi connectivity index (χ0) is 45.6. The van der Waals surface area contributed by atoms with Crippen LogP contribution >= 0.6 is 46.3 Å². The second-order valence-corrected chi connectivity index (χ2v) is 18.7. The van der Waals surface area contributed by atoms with Crippen LogP contribution in [0.5, 0.6) is 34.5 Å². The Labute approximate surface area is 376 Å².